The summed E-state index contributed by atoms with van der Waals surface area (Å²) < 4.78 is 0. The summed E-state index contributed by atoms with van der Waals surface area (Å²) in [6.07, 6.45) is 5.63. The van der Waals surface area contributed by atoms with E-state index in [1.165, 1.54) is 27.6 Å². The molecule has 1 aliphatic heterocycles. The lowest BCUT2D eigenvalue weighted by Gasteiger charge is -2.42. The third-order valence-electron chi connectivity index (χ3n) is 5.52. The summed E-state index contributed by atoms with van der Waals surface area (Å²) in [6.45, 7) is 0.881. The largest absolute Gasteiger partial charge is 0.371 e. The van der Waals surface area contributed by atoms with Crippen LogP contribution in [0, 0.1) is 0 Å². The highest BCUT2D eigenvalue weighted by atomic mass is 32.1. The smallest absolute Gasteiger partial charge is 0.0987 e. The van der Waals surface area contributed by atoms with Gasteiger partial charge in [-0.2, -0.15) is 0 Å². The molecule has 1 unspecified atom stereocenters. The van der Waals surface area contributed by atoms with Crippen LogP contribution in [0.15, 0.2) is 36.0 Å². The number of thiocarbonyl (C=S) groups is 1. The standard InChI is InChI=1S/C19H24N4S/c1-22(2)19(24)18(20)12-7-14-13-5-4-6-15-17(13)11(9-21-15)8-16(14)23(3)10-12/h4-7,9,14,16,18,21H,8,10,20H2,1-3H3/t14-,16-,18?/m1/s1. The van der Waals surface area contributed by atoms with Crippen LogP contribution in [0.2, 0.25) is 0 Å². The molecule has 4 nitrogen and oxygen atoms in total. The third-order valence-corrected chi connectivity index (χ3v) is 6.14. The van der Waals surface area contributed by atoms with Crippen molar-refractivity contribution in [1.82, 2.24) is 14.8 Å². The molecule has 24 heavy (non-hydrogen) atoms. The minimum atomic E-state index is -0.190. The van der Waals surface area contributed by atoms with Gasteiger partial charge in [0.25, 0.3) is 0 Å². The summed E-state index contributed by atoms with van der Waals surface area (Å²) >= 11 is 5.52. The monoisotopic (exact) mass is 340 g/mol. The highest BCUT2D eigenvalue weighted by Crippen LogP contribution is 2.42. The number of rotatable bonds is 2. The van der Waals surface area contributed by atoms with Crippen molar-refractivity contribution in [3.63, 3.8) is 0 Å². The number of nitrogens with two attached hydrogens (primary N) is 1. The molecule has 0 spiro atoms. The molecule has 0 bridgehead atoms. The topological polar surface area (TPSA) is 48.3 Å². The number of nitrogens with one attached hydrogen (secondary N) is 1. The Morgan fingerprint density at radius 1 is 1.42 bits per heavy atom. The first-order valence-electron chi connectivity index (χ1n) is 8.44. The van der Waals surface area contributed by atoms with E-state index in [4.69, 9.17) is 18.0 Å². The van der Waals surface area contributed by atoms with Gasteiger partial charge in [0, 0.05) is 49.7 Å². The van der Waals surface area contributed by atoms with Crippen LogP contribution in [0.4, 0.5) is 0 Å². The zero-order valence-corrected chi connectivity index (χ0v) is 15.2. The molecule has 2 aromatic rings. The van der Waals surface area contributed by atoms with Crippen molar-refractivity contribution >= 4 is 28.1 Å². The Morgan fingerprint density at radius 3 is 2.96 bits per heavy atom. The number of likely N-dealkylation sites (N-methyl/N-ethyl adjacent to an activating group) is 2. The van der Waals surface area contributed by atoms with Crippen molar-refractivity contribution in [2.75, 3.05) is 27.7 Å². The predicted octanol–water partition coefficient (Wildman–Crippen LogP) is 2.26. The molecule has 0 saturated carbocycles. The molecule has 1 aliphatic carbocycles. The minimum Gasteiger partial charge on any atom is -0.371 e. The molecular weight excluding hydrogens is 316 g/mol. The normalized spacial score (nSPS) is 24.4. The maximum atomic E-state index is 6.46. The number of nitrogens with zero attached hydrogens (tertiary/aromatic N) is 2. The number of aromatic amines is 1. The van der Waals surface area contributed by atoms with Crippen molar-refractivity contribution in [2.24, 2.45) is 5.73 Å². The Morgan fingerprint density at radius 2 is 2.21 bits per heavy atom. The van der Waals surface area contributed by atoms with E-state index in [1.807, 2.05) is 19.0 Å². The molecule has 3 atom stereocenters. The van der Waals surface area contributed by atoms with Crippen LogP contribution >= 0.6 is 12.2 Å². The fraction of sp³-hybridized carbons (Fsp3) is 0.421. The van der Waals surface area contributed by atoms with Crippen molar-refractivity contribution in [3.8, 4) is 0 Å². The van der Waals surface area contributed by atoms with E-state index in [9.17, 15) is 0 Å². The molecule has 5 heteroatoms. The lowest BCUT2D eigenvalue weighted by Crippen LogP contribution is -2.49. The minimum absolute atomic E-state index is 0.190. The number of fused-ring (bicyclic) bond motifs is 2. The van der Waals surface area contributed by atoms with Crippen molar-refractivity contribution in [2.45, 2.75) is 24.4 Å². The number of aromatic nitrogens is 1. The molecule has 1 aromatic carbocycles. The second kappa shape index (κ2) is 5.69. The summed E-state index contributed by atoms with van der Waals surface area (Å²) in [4.78, 5) is 8.60. The van der Waals surface area contributed by atoms with Crippen LogP contribution in [0.1, 0.15) is 17.0 Å². The molecule has 2 aliphatic rings. The van der Waals surface area contributed by atoms with E-state index in [-0.39, 0.29) is 6.04 Å². The first-order chi connectivity index (χ1) is 11.5. The fourth-order valence-corrected chi connectivity index (χ4v) is 4.39. The SMILES string of the molecule is CN(C)C(=S)C(N)C1=C[C@@H]2c3cccc4[nH]cc(c34)C[C@H]2N(C)C1. The quantitative estimate of drug-likeness (QED) is 0.650. The average Bonchev–Trinajstić information content (AvgIpc) is 2.99. The number of hydrogen-bond donors (Lipinski definition) is 2. The van der Waals surface area contributed by atoms with Gasteiger partial charge in [0.2, 0.25) is 0 Å². The van der Waals surface area contributed by atoms with Crippen LogP contribution in [-0.2, 0) is 6.42 Å². The average molecular weight is 340 g/mol. The summed E-state index contributed by atoms with van der Waals surface area (Å²) in [7, 11) is 6.13. The maximum absolute atomic E-state index is 6.46. The van der Waals surface area contributed by atoms with Crippen molar-refractivity contribution < 1.29 is 0 Å². The van der Waals surface area contributed by atoms with Gasteiger partial charge in [-0.3, -0.25) is 4.90 Å². The first-order valence-corrected chi connectivity index (χ1v) is 8.84. The summed E-state index contributed by atoms with van der Waals surface area (Å²) in [5, 5.41) is 1.40. The molecule has 0 saturated heterocycles. The molecule has 4 rings (SSSR count). The van der Waals surface area contributed by atoms with E-state index >= 15 is 0 Å². The second-order valence-corrected chi connectivity index (χ2v) is 7.67. The second-order valence-electron chi connectivity index (χ2n) is 7.25. The van der Waals surface area contributed by atoms with Gasteiger partial charge in [0.05, 0.1) is 11.0 Å². The van der Waals surface area contributed by atoms with Crippen LogP contribution in [-0.4, -0.2) is 59.5 Å². The van der Waals surface area contributed by atoms with Gasteiger partial charge in [-0.15, -0.1) is 0 Å². The zero-order valence-electron chi connectivity index (χ0n) is 14.4. The van der Waals surface area contributed by atoms with Gasteiger partial charge in [-0.25, -0.2) is 0 Å². The lowest BCUT2D eigenvalue weighted by atomic mass is 9.76. The van der Waals surface area contributed by atoms with E-state index in [0.29, 0.717) is 12.0 Å². The van der Waals surface area contributed by atoms with E-state index in [2.05, 4.69) is 47.4 Å². The first kappa shape index (κ1) is 15.8. The van der Waals surface area contributed by atoms with Crippen LogP contribution in [0.25, 0.3) is 10.9 Å². The predicted molar refractivity (Wildman–Crippen MR) is 104 cm³/mol. The lowest BCUT2D eigenvalue weighted by molar-refractivity contribution is 0.222. The molecule has 2 heterocycles. The van der Waals surface area contributed by atoms with Crippen LogP contribution < -0.4 is 5.73 Å². The van der Waals surface area contributed by atoms with Crippen LogP contribution in [0.3, 0.4) is 0 Å². The highest BCUT2D eigenvalue weighted by molar-refractivity contribution is 7.80. The molecule has 126 valence electrons. The molecule has 0 amide bonds. The molecular formula is C19H24N4S. The highest BCUT2D eigenvalue weighted by Gasteiger charge is 2.37. The Hall–Kier alpha value is -1.69. The van der Waals surface area contributed by atoms with E-state index < -0.39 is 0 Å². The van der Waals surface area contributed by atoms with E-state index in [0.717, 1.165) is 18.0 Å². The van der Waals surface area contributed by atoms with Crippen molar-refractivity contribution in [1.29, 1.82) is 0 Å². The number of hydrogen-bond acceptors (Lipinski definition) is 3. The Labute approximate surface area is 148 Å². The third kappa shape index (κ3) is 2.31. The molecule has 0 radical (unpaired) electrons. The van der Waals surface area contributed by atoms with Crippen molar-refractivity contribution in [3.05, 3.63) is 47.2 Å². The Balaban J connectivity index is 1.80. The summed E-state index contributed by atoms with van der Waals surface area (Å²) in [5.74, 6) is 0.377. The Kier molecular flexibility index (Phi) is 3.75. The van der Waals surface area contributed by atoms with Gasteiger partial charge >= 0.3 is 0 Å². The zero-order chi connectivity index (χ0) is 17.0. The summed E-state index contributed by atoms with van der Waals surface area (Å²) in [5.41, 5.74) is 11.8. The molecule has 0 fully saturated rings. The van der Waals surface area contributed by atoms with Gasteiger partial charge in [-0.1, -0.05) is 30.4 Å². The van der Waals surface area contributed by atoms with Gasteiger partial charge < -0.3 is 15.6 Å². The van der Waals surface area contributed by atoms with Gasteiger partial charge in [0.1, 0.15) is 0 Å². The number of benzene rings is 1. The summed E-state index contributed by atoms with van der Waals surface area (Å²) in [6, 6.07) is 6.87. The van der Waals surface area contributed by atoms with Gasteiger partial charge in [-0.05, 0) is 36.2 Å². The fourth-order valence-electron chi connectivity index (χ4n) is 4.24. The Bertz CT molecular complexity index is 835. The maximum Gasteiger partial charge on any atom is 0.0987 e. The molecule has 3 N–H and O–H groups in total. The van der Waals surface area contributed by atoms with E-state index in [1.54, 1.807) is 0 Å². The van der Waals surface area contributed by atoms with Crippen LogP contribution in [0.5, 0.6) is 0 Å². The van der Waals surface area contributed by atoms with Gasteiger partial charge in [0.15, 0.2) is 0 Å². The molecule has 1 aromatic heterocycles. The number of H-pyrrole nitrogens is 1.